The zero-order valence-electron chi connectivity index (χ0n) is 15.5. The van der Waals surface area contributed by atoms with Crippen LogP contribution >= 0.6 is 0 Å². The lowest BCUT2D eigenvalue weighted by Crippen LogP contribution is -2.09. The molecule has 4 aromatic rings. The van der Waals surface area contributed by atoms with E-state index < -0.39 is 0 Å². The van der Waals surface area contributed by atoms with Crippen LogP contribution in [0.3, 0.4) is 0 Å². The van der Waals surface area contributed by atoms with Gasteiger partial charge in [-0.25, -0.2) is 0 Å². The molecule has 28 heavy (non-hydrogen) atoms. The van der Waals surface area contributed by atoms with E-state index in [-0.39, 0.29) is 0 Å². The summed E-state index contributed by atoms with van der Waals surface area (Å²) in [5.41, 5.74) is 2.84. The van der Waals surface area contributed by atoms with Crippen LogP contribution in [0.15, 0.2) is 67.0 Å². The van der Waals surface area contributed by atoms with Gasteiger partial charge in [-0.1, -0.05) is 36.4 Å². The topological polar surface area (TPSA) is 84.9 Å². The quantitative estimate of drug-likeness (QED) is 0.510. The maximum atomic E-state index is 5.39. The van der Waals surface area contributed by atoms with Gasteiger partial charge in [-0.15, -0.1) is 5.10 Å². The molecule has 4 rings (SSSR count). The molecule has 0 aliphatic carbocycles. The van der Waals surface area contributed by atoms with E-state index >= 15 is 0 Å². The van der Waals surface area contributed by atoms with Crippen LogP contribution in [0.5, 0.6) is 5.75 Å². The summed E-state index contributed by atoms with van der Waals surface area (Å²) in [7, 11) is 1.68. The Morgan fingerprint density at radius 2 is 1.89 bits per heavy atom. The molecule has 0 aliphatic heterocycles. The Morgan fingerprint density at radius 1 is 1.00 bits per heavy atom. The van der Waals surface area contributed by atoms with Crippen molar-refractivity contribution in [3.8, 4) is 5.75 Å². The Balaban J connectivity index is 1.44. The van der Waals surface area contributed by atoms with Gasteiger partial charge in [0.2, 0.25) is 5.95 Å². The first kappa shape index (κ1) is 17.7. The SMILES string of the molecule is COc1ccccc1CCNc1cnnc(Nc2cccc3cccnc23)n1. The molecule has 2 heterocycles. The van der Waals surface area contributed by atoms with Crippen LogP contribution in [0.1, 0.15) is 5.56 Å². The number of rotatable bonds is 7. The van der Waals surface area contributed by atoms with E-state index in [4.69, 9.17) is 4.74 Å². The summed E-state index contributed by atoms with van der Waals surface area (Å²) in [6.07, 6.45) is 4.18. The van der Waals surface area contributed by atoms with E-state index in [0.29, 0.717) is 18.3 Å². The van der Waals surface area contributed by atoms with Gasteiger partial charge in [0, 0.05) is 18.1 Å². The molecule has 0 spiro atoms. The number of nitrogens with one attached hydrogen (secondary N) is 2. The molecule has 0 saturated heterocycles. The summed E-state index contributed by atoms with van der Waals surface area (Å²) in [6, 6.07) is 17.8. The monoisotopic (exact) mass is 372 g/mol. The first-order valence-corrected chi connectivity index (χ1v) is 9.00. The second kappa shape index (κ2) is 8.30. The van der Waals surface area contributed by atoms with E-state index in [1.54, 1.807) is 19.5 Å². The molecule has 0 unspecified atom stereocenters. The van der Waals surface area contributed by atoms with Crippen LogP contribution in [0.25, 0.3) is 10.9 Å². The van der Waals surface area contributed by atoms with Crippen molar-refractivity contribution < 1.29 is 4.74 Å². The Hall–Kier alpha value is -3.74. The number of methoxy groups -OCH3 is 1. The fourth-order valence-corrected chi connectivity index (χ4v) is 3.00. The van der Waals surface area contributed by atoms with Gasteiger partial charge in [-0.05, 0) is 30.2 Å². The first-order chi connectivity index (χ1) is 13.8. The van der Waals surface area contributed by atoms with Crippen LogP contribution in [-0.4, -0.2) is 33.8 Å². The lowest BCUT2D eigenvalue weighted by molar-refractivity contribution is 0.410. The number of benzene rings is 2. The third kappa shape index (κ3) is 3.98. The predicted molar refractivity (Wildman–Crippen MR) is 110 cm³/mol. The number of ether oxygens (including phenoxy) is 1. The summed E-state index contributed by atoms with van der Waals surface area (Å²) in [5.74, 6) is 1.96. The number of hydrogen-bond donors (Lipinski definition) is 2. The van der Waals surface area contributed by atoms with E-state index in [1.165, 1.54) is 0 Å². The maximum Gasteiger partial charge on any atom is 0.249 e. The third-order valence-corrected chi connectivity index (χ3v) is 4.33. The minimum atomic E-state index is 0.417. The Bertz CT molecular complexity index is 1080. The fourth-order valence-electron chi connectivity index (χ4n) is 3.00. The van der Waals surface area contributed by atoms with Gasteiger partial charge in [0.05, 0.1) is 24.5 Å². The van der Waals surface area contributed by atoms with E-state index in [9.17, 15) is 0 Å². The zero-order chi connectivity index (χ0) is 19.2. The molecule has 0 aliphatic rings. The second-order valence-electron chi connectivity index (χ2n) is 6.16. The standard InChI is InChI=1S/C21H20N6O/c1-28-18-10-3-2-6-15(18)11-13-22-19-14-24-27-21(26-19)25-17-9-4-7-16-8-5-12-23-20(16)17/h2-10,12,14H,11,13H2,1H3,(H2,22,25,26,27). The van der Waals surface area contributed by atoms with E-state index in [0.717, 1.165) is 34.3 Å². The van der Waals surface area contributed by atoms with Gasteiger partial charge in [0.15, 0.2) is 5.82 Å². The maximum absolute atomic E-state index is 5.39. The molecule has 0 atom stereocenters. The van der Waals surface area contributed by atoms with Crippen molar-refractivity contribution in [1.82, 2.24) is 20.2 Å². The molecule has 0 fully saturated rings. The van der Waals surface area contributed by atoms with Crippen molar-refractivity contribution in [2.24, 2.45) is 0 Å². The summed E-state index contributed by atoms with van der Waals surface area (Å²) < 4.78 is 5.39. The number of para-hydroxylation sites is 2. The van der Waals surface area contributed by atoms with Crippen LogP contribution in [0, 0.1) is 0 Å². The second-order valence-corrected chi connectivity index (χ2v) is 6.16. The molecule has 0 saturated carbocycles. The van der Waals surface area contributed by atoms with Crippen molar-refractivity contribution in [3.05, 3.63) is 72.6 Å². The number of anilines is 3. The van der Waals surface area contributed by atoms with Crippen LogP contribution in [0.2, 0.25) is 0 Å². The van der Waals surface area contributed by atoms with Gasteiger partial charge in [-0.2, -0.15) is 10.1 Å². The predicted octanol–water partition coefficient (Wildman–Crippen LogP) is 3.83. The normalized spacial score (nSPS) is 10.6. The number of pyridine rings is 1. The van der Waals surface area contributed by atoms with E-state index in [2.05, 4.69) is 36.9 Å². The molecule has 7 heteroatoms. The van der Waals surface area contributed by atoms with Gasteiger partial charge >= 0.3 is 0 Å². The van der Waals surface area contributed by atoms with Crippen molar-refractivity contribution in [1.29, 1.82) is 0 Å². The minimum Gasteiger partial charge on any atom is -0.496 e. The lowest BCUT2D eigenvalue weighted by Gasteiger charge is -2.10. The molecule has 7 nitrogen and oxygen atoms in total. The highest BCUT2D eigenvalue weighted by Gasteiger charge is 2.06. The minimum absolute atomic E-state index is 0.417. The number of aromatic nitrogens is 4. The third-order valence-electron chi connectivity index (χ3n) is 4.33. The summed E-state index contributed by atoms with van der Waals surface area (Å²) in [5, 5.41) is 15.6. The molecule has 2 aromatic heterocycles. The van der Waals surface area contributed by atoms with Crippen LogP contribution < -0.4 is 15.4 Å². The highest BCUT2D eigenvalue weighted by molar-refractivity contribution is 5.91. The average molecular weight is 372 g/mol. The van der Waals surface area contributed by atoms with Crippen molar-refractivity contribution in [3.63, 3.8) is 0 Å². The summed E-state index contributed by atoms with van der Waals surface area (Å²) in [6.45, 7) is 0.703. The number of hydrogen-bond acceptors (Lipinski definition) is 7. The molecule has 0 amide bonds. The van der Waals surface area contributed by atoms with Crippen molar-refractivity contribution >= 4 is 28.4 Å². The smallest absolute Gasteiger partial charge is 0.249 e. The van der Waals surface area contributed by atoms with Gasteiger partial charge in [0.25, 0.3) is 0 Å². The Morgan fingerprint density at radius 3 is 2.82 bits per heavy atom. The zero-order valence-corrected chi connectivity index (χ0v) is 15.5. The Kier molecular flexibility index (Phi) is 5.24. The molecule has 140 valence electrons. The van der Waals surface area contributed by atoms with E-state index in [1.807, 2.05) is 48.5 Å². The van der Waals surface area contributed by atoms with Gasteiger partial charge in [-0.3, -0.25) is 4.98 Å². The first-order valence-electron chi connectivity index (χ1n) is 9.00. The number of fused-ring (bicyclic) bond motifs is 1. The molecule has 0 radical (unpaired) electrons. The highest BCUT2D eigenvalue weighted by Crippen LogP contribution is 2.23. The van der Waals surface area contributed by atoms with Gasteiger partial charge in [0.1, 0.15) is 5.75 Å². The molecule has 0 bridgehead atoms. The summed E-state index contributed by atoms with van der Waals surface area (Å²) >= 11 is 0. The summed E-state index contributed by atoms with van der Waals surface area (Å²) in [4.78, 5) is 8.93. The van der Waals surface area contributed by atoms with Crippen molar-refractivity contribution in [2.75, 3.05) is 24.3 Å². The fraction of sp³-hybridized carbons (Fsp3) is 0.143. The molecular formula is C21H20N6O. The highest BCUT2D eigenvalue weighted by atomic mass is 16.5. The van der Waals surface area contributed by atoms with Crippen LogP contribution in [0.4, 0.5) is 17.5 Å². The van der Waals surface area contributed by atoms with Crippen LogP contribution in [-0.2, 0) is 6.42 Å². The van der Waals surface area contributed by atoms with Gasteiger partial charge < -0.3 is 15.4 Å². The Labute approximate surface area is 162 Å². The molecule has 2 N–H and O–H groups in total. The number of nitrogens with zero attached hydrogens (tertiary/aromatic N) is 4. The van der Waals surface area contributed by atoms with Crippen molar-refractivity contribution in [2.45, 2.75) is 6.42 Å². The molecular weight excluding hydrogens is 352 g/mol. The largest absolute Gasteiger partial charge is 0.496 e. The lowest BCUT2D eigenvalue weighted by atomic mass is 10.1. The average Bonchev–Trinajstić information content (AvgIpc) is 2.75. The molecule has 2 aromatic carbocycles.